The Kier molecular flexibility index (Phi) is 9.45. The van der Waals surface area contributed by atoms with Crippen LogP contribution in [0.5, 0.6) is 0 Å². The van der Waals surface area contributed by atoms with E-state index in [1.807, 2.05) is 0 Å². The van der Waals surface area contributed by atoms with Crippen LogP contribution in [0.2, 0.25) is 21.0 Å². The van der Waals surface area contributed by atoms with Crippen LogP contribution in [0.3, 0.4) is 0 Å². The van der Waals surface area contributed by atoms with Gasteiger partial charge >= 0.3 is 135 Å². The molecule has 0 unspecified atom stereocenters. The van der Waals surface area contributed by atoms with Gasteiger partial charge in [0.25, 0.3) is 0 Å². The van der Waals surface area contributed by atoms with Gasteiger partial charge in [0.15, 0.2) is 0 Å². The first kappa shape index (κ1) is 18.3. The molecule has 1 rings (SSSR count). The third kappa shape index (κ3) is 9.23. The SMILES string of the molecule is [Cl][Ge]1([Cl])[CH2]CCCC[CH2][Ge]([Cl])([Cl])[CH2]CCCC[CH2]1. The molecule has 0 atom stereocenters. The standard InChI is InChI=1S/C12H24Cl4Ge2/c13-17(14)9-5-1-2-6-10-18(15,16)12-8-4-3-7-11-17/h1-12H2. The Morgan fingerprint density at radius 3 is 0.833 bits per heavy atom. The molecule has 1 aliphatic rings. The van der Waals surface area contributed by atoms with E-state index in [2.05, 4.69) is 0 Å². The molecule has 0 bridgehead atoms. The second-order valence-corrected chi connectivity index (χ2v) is 34.0. The molecule has 0 spiro atoms. The van der Waals surface area contributed by atoms with E-state index in [0.717, 1.165) is 21.0 Å². The van der Waals surface area contributed by atoms with Crippen molar-refractivity contribution in [3.8, 4) is 0 Å². The molecule has 0 aromatic carbocycles. The molecular weight excluding hydrogens is 431 g/mol. The van der Waals surface area contributed by atoms with Crippen LogP contribution < -0.4 is 0 Å². The summed E-state index contributed by atoms with van der Waals surface area (Å²) >= 11 is -4.84. The van der Waals surface area contributed by atoms with E-state index in [1.54, 1.807) is 0 Å². The van der Waals surface area contributed by atoms with Crippen molar-refractivity contribution in [1.29, 1.82) is 0 Å². The molecule has 0 radical (unpaired) electrons. The average Bonchev–Trinajstić information content (AvgIpc) is 2.27. The predicted octanol–water partition coefficient (Wildman–Crippen LogP) is 6.96. The Bertz CT molecular complexity index is 190. The topological polar surface area (TPSA) is 0 Å². The number of hydrogen-bond donors (Lipinski definition) is 0. The van der Waals surface area contributed by atoms with Gasteiger partial charge in [0.1, 0.15) is 0 Å². The van der Waals surface area contributed by atoms with Crippen LogP contribution in [-0.4, -0.2) is 22.8 Å². The Hall–Kier alpha value is 2.25. The first-order valence-electron chi connectivity index (χ1n) is 7.17. The molecule has 1 heterocycles. The van der Waals surface area contributed by atoms with Gasteiger partial charge in [-0.05, 0) is 0 Å². The van der Waals surface area contributed by atoms with Crippen LogP contribution in [-0.2, 0) is 0 Å². The number of hydrogen-bond acceptors (Lipinski definition) is 0. The van der Waals surface area contributed by atoms with Crippen molar-refractivity contribution in [2.24, 2.45) is 0 Å². The van der Waals surface area contributed by atoms with Crippen LogP contribution in [0.4, 0.5) is 0 Å². The van der Waals surface area contributed by atoms with E-state index in [9.17, 15) is 0 Å². The summed E-state index contributed by atoms with van der Waals surface area (Å²) in [5.74, 6) is 0. The molecule has 6 heteroatoms. The van der Waals surface area contributed by atoms with Crippen molar-refractivity contribution in [2.75, 3.05) is 0 Å². The van der Waals surface area contributed by atoms with Crippen molar-refractivity contribution < 1.29 is 0 Å². The summed E-state index contributed by atoms with van der Waals surface area (Å²) in [4.78, 5) is 0. The summed E-state index contributed by atoms with van der Waals surface area (Å²) in [5, 5.41) is 4.43. The Morgan fingerprint density at radius 1 is 0.389 bits per heavy atom. The van der Waals surface area contributed by atoms with Crippen LogP contribution in [0.15, 0.2) is 0 Å². The van der Waals surface area contributed by atoms with Crippen LogP contribution in [0.1, 0.15) is 51.4 Å². The fourth-order valence-corrected chi connectivity index (χ4v) is 15.5. The van der Waals surface area contributed by atoms with E-state index in [1.165, 1.54) is 51.4 Å². The minimum absolute atomic E-state index is 1.11. The van der Waals surface area contributed by atoms with Crippen molar-refractivity contribution in [3.63, 3.8) is 0 Å². The number of halogens is 4. The van der Waals surface area contributed by atoms with Gasteiger partial charge in [-0.15, -0.1) is 0 Å². The summed E-state index contributed by atoms with van der Waals surface area (Å²) in [6, 6.07) is 0. The second-order valence-electron chi connectivity index (χ2n) is 5.54. The molecule has 0 amide bonds. The summed E-state index contributed by atoms with van der Waals surface area (Å²) < 4.78 is 0. The molecular formula is C12H24Cl4Ge2. The number of rotatable bonds is 0. The monoisotopic (exact) mass is 456 g/mol. The van der Waals surface area contributed by atoms with Gasteiger partial charge in [-0.25, -0.2) is 0 Å². The molecule has 0 nitrogen and oxygen atoms in total. The van der Waals surface area contributed by atoms with E-state index >= 15 is 0 Å². The maximum absolute atomic E-state index is 6.51. The molecule has 1 fully saturated rings. The second kappa shape index (κ2) is 9.30. The zero-order valence-electron chi connectivity index (χ0n) is 11.0. The first-order valence-corrected chi connectivity index (χ1v) is 24.1. The average molecular weight is 455 g/mol. The fraction of sp³-hybridized carbons (Fsp3) is 1.00. The fourth-order valence-electron chi connectivity index (χ4n) is 2.49. The van der Waals surface area contributed by atoms with Crippen molar-refractivity contribution in [1.82, 2.24) is 0 Å². The molecule has 1 saturated heterocycles. The summed E-state index contributed by atoms with van der Waals surface area (Å²) in [7, 11) is 26.0. The quantitative estimate of drug-likeness (QED) is 0.347. The van der Waals surface area contributed by atoms with Crippen LogP contribution >= 0.6 is 40.0 Å². The third-order valence-corrected chi connectivity index (χ3v) is 20.6. The van der Waals surface area contributed by atoms with Gasteiger partial charge < -0.3 is 0 Å². The summed E-state index contributed by atoms with van der Waals surface area (Å²) in [5.41, 5.74) is 0. The molecule has 1 aliphatic heterocycles. The normalized spacial score (nSPS) is 27.3. The van der Waals surface area contributed by atoms with E-state index in [-0.39, 0.29) is 0 Å². The molecule has 0 saturated carbocycles. The van der Waals surface area contributed by atoms with Crippen molar-refractivity contribution in [2.45, 2.75) is 72.4 Å². The minimum atomic E-state index is -2.42. The van der Waals surface area contributed by atoms with Crippen LogP contribution in [0, 0.1) is 0 Å². The zero-order valence-corrected chi connectivity index (χ0v) is 18.2. The van der Waals surface area contributed by atoms with E-state index in [0.29, 0.717) is 0 Å². The van der Waals surface area contributed by atoms with Gasteiger partial charge in [-0.3, -0.25) is 0 Å². The first-order chi connectivity index (χ1) is 8.41. The predicted molar refractivity (Wildman–Crippen MR) is 91.1 cm³/mol. The molecule has 0 aromatic heterocycles. The van der Waals surface area contributed by atoms with Gasteiger partial charge in [0.2, 0.25) is 0 Å². The Labute approximate surface area is 134 Å². The summed E-state index contributed by atoms with van der Waals surface area (Å²) in [6.07, 6.45) is 9.82. The molecule has 18 heavy (non-hydrogen) atoms. The van der Waals surface area contributed by atoms with Crippen LogP contribution in [0.25, 0.3) is 0 Å². The van der Waals surface area contributed by atoms with Gasteiger partial charge in [0.05, 0.1) is 0 Å². The third-order valence-electron chi connectivity index (χ3n) is 3.67. The zero-order chi connectivity index (χ0) is 13.5. The van der Waals surface area contributed by atoms with Gasteiger partial charge in [-0.2, -0.15) is 0 Å². The molecule has 0 N–H and O–H groups in total. The Balaban J connectivity index is 2.36. The van der Waals surface area contributed by atoms with Crippen molar-refractivity contribution in [3.05, 3.63) is 0 Å². The molecule has 0 aliphatic carbocycles. The summed E-state index contributed by atoms with van der Waals surface area (Å²) in [6.45, 7) is 0. The Morgan fingerprint density at radius 2 is 0.611 bits per heavy atom. The maximum atomic E-state index is 6.51. The van der Waals surface area contributed by atoms with Gasteiger partial charge in [0, 0.05) is 0 Å². The van der Waals surface area contributed by atoms with Crippen molar-refractivity contribution >= 4 is 62.9 Å². The molecule has 0 aromatic rings. The van der Waals surface area contributed by atoms with Gasteiger partial charge in [-0.1, -0.05) is 0 Å². The van der Waals surface area contributed by atoms with E-state index < -0.39 is 22.8 Å². The molecule has 108 valence electrons. The van der Waals surface area contributed by atoms with E-state index in [4.69, 9.17) is 40.0 Å².